The number of alkyl halides is 1. The topological polar surface area (TPSA) is 129 Å². The number of carbonyl (C=O) groups is 3. The molecule has 2 heterocycles. The smallest absolute Gasteiger partial charge is 0.353 e. The van der Waals surface area contributed by atoms with Crippen molar-refractivity contribution in [2.45, 2.75) is 76.3 Å². The Bertz CT molecular complexity index is 1220. The number of amides is 2. The molecule has 8 nitrogen and oxygen atoms in total. The van der Waals surface area contributed by atoms with E-state index in [9.17, 15) is 23.9 Å². The van der Waals surface area contributed by atoms with Gasteiger partial charge in [-0.1, -0.05) is 43.7 Å². The van der Waals surface area contributed by atoms with E-state index in [4.69, 9.17) is 17.3 Å². The zero-order chi connectivity index (χ0) is 27.7. The van der Waals surface area contributed by atoms with Gasteiger partial charge in [-0.05, 0) is 68.1 Å². The van der Waals surface area contributed by atoms with Crippen LogP contribution in [-0.2, 0) is 9.59 Å². The van der Waals surface area contributed by atoms with Crippen LogP contribution >= 0.6 is 11.6 Å². The third-order valence-electron chi connectivity index (χ3n) is 9.37. The van der Waals surface area contributed by atoms with Crippen LogP contribution in [0.1, 0.15) is 74.7 Å². The van der Waals surface area contributed by atoms with Crippen LogP contribution in [0, 0.1) is 23.7 Å². The number of nitrogens with zero attached hydrogens (tertiary/aromatic N) is 1. The van der Waals surface area contributed by atoms with Crippen LogP contribution in [0.4, 0.5) is 10.1 Å². The number of carboxylic acids is 1. The van der Waals surface area contributed by atoms with E-state index in [2.05, 4.69) is 10.3 Å². The summed E-state index contributed by atoms with van der Waals surface area (Å²) < 4.78 is 13.1. The zero-order valence-corrected chi connectivity index (χ0v) is 22.9. The van der Waals surface area contributed by atoms with Gasteiger partial charge in [-0.3, -0.25) is 9.59 Å². The fraction of sp³-hybridized carbons (Fsp3) is 0.621. The summed E-state index contributed by atoms with van der Waals surface area (Å²) in [6.45, 7) is 0.0186. The standard InChI is InChI=1S/C29H38ClFN4O4/c30-24-21-14-19(10-11-23(21)34-25(24)29(38)39)33-27(36)26-20(16-4-2-1-3-5-16)12-13-35(26)28(37)18-8-6-17(7-9-18)22(32)15-31/h10-11,14,16-18,20,22,26,34H,1-9,12-13,15,32H2,(H,33,36)(H,38,39)/t17-,18-,20?,22-,26+/m1/s1. The van der Waals surface area contributed by atoms with Crippen molar-refractivity contribution in [1.82, 2.24) is 9.88 Å². The molecule has 0 radical (unpaired) electrons. The number of hydrogen-bond acceptors (Lipinski definition) is 4. The molecule has 1 aliphatic heterocycles. The Hall–Kier alpha value is -2.65. The Morgan fingerprint density at radius 3 is 2.49 bits per heavy atom. The maximum absolute atomic E-state index is 13.9. The molecule has 0 spiro atoms. The van der Waals surface area contributed by atoms with Crippen molar-refractivity contribution in [1.29, 1.82) is 0 Å². The van der Waals surface area contributed by atoms with E-state index >= 15 is 0 Å². The highest BCUT2D eigenvalue weighted by Crippen LogP contribution is 2.41. The second-order valence-electron chi connectivity index (χ2n) is 11.6. The van der Waals surface area contributed by atoms with E-state index in [0.29, 0.717) is 41.9 Å². The van der Waals surface area contributed by atoms with Gasteiger partial charge in [0.2, 0.25) is 11.8 Å². The number of anilines is 1. The van der Waals surface area contributed by atoms with Crippen molar-refractivity contribution in [2.75, 3.05) is 18.5 Å². The molecule has 2 saturated carbocycles. The van der Waals surface area contributed by atoms with Gasteiger partial charge in [0.15, 0.2) is 0 Å². The number of fused-ring (bicyclic) bond motifs is 1. The van der Waals surface area contributed by atoms with Crippen molar-refractivity contribution in [3.63, 3.8) is 0 Å². The van der Waals surface area contributed by atoms with E-state index in [-0.39, 0.29) is 40.3 Å². The van der Waals surface area contributed by atoms with Gasteiger partial charge < -0.3 is 26.0 Å². The maximum atomic E-state index is 13.9. The fourth-order valence-corrected chi connectivity index (χ4v) is 7.49. The lowest BCUT2D eigenvalue weighted by Crippen LogP contribution is -2.50. The number of aromatic amines is 1. The minimum absolute atomic E-state index is 0.0240. The number of rotatable bonds is 7. The van der Waals surface area contributed by atoms with Crippen molar-refractivity contribution in [2.24, 2.45) is 29.4 Å². The van der Waals surface area contributed by atoms with E-state index in [1.807, 2.05) is 0 Å². The van der Waals surface area contributed by atoms with Gasteiger partial charge in [-0.15, -0.1) is 0 Å². The van der Waals surface area contributed by atoms with Gasteiger partial charge in [0.05, 0.1) is 5.02 Å². The summed E-state index contributed by atoms with van der Waals surface area (Å²) in [5, 5.41) is 13.0. The number of halogens is 2. The molecule has 1 aromatic heterocycles. The quantitative estimate of drug-likeness (QED) is 0.362. The van der Waals surface area contributed by atoms with E-state index < -0.39 is 24.7 Å². The van der Waals surface area contributed by atoms with Gasteiger partial charge in [-0.25, -0.2) is 9.18 Å². The van der Waals surface area contributed by atoms with Crippen LogP contribution < -0.4 is 11.1 Å². The van der Waals surface area contributed by atoms with Gasteiger partial charge in [-0.2, -0.15) is 0 Å². The summed E-state index contributed by atoms with van der Waals surface area (Å²) >= 11 is 6.30. The highest BCUT2D eigenvalue weighted by Gasteiger charge is 2.47. The molecule has 3 aliphatic rings. The Kier molecular flexibility index (Phi) is 8.47. The molecule has 212 valence electrons. The number of aromatic nitrogens is 1. The number of hydrogen-bond donors (Lipinski definition) is 4. The Balaban J connectivity index is 1.36. The predicted octanol–water partition coefficient (Wildman–Crippen LogP) is 5.36. The number of aromatic carboxylic acids is 1. The van der Waals surface area contributed by atoms with E-state index in [1.54, 1.807) is 23.1 Å². The van der Waals surface area contributed by atoms with Crippen LogP contribution in [0.2, 0.25) is 5.02 Å². The molecule has 1 aromatic carbocycles. The molecule has 0 bridgehead atoms. The van der Waals surface area contributed by atoms with E-state index in [1.165, 1.54) is 6.42 Å². The first kappa shape index (κ1) is 27.9. The lowest BCUT2D eigenvalue weighted by molar-refractivity contribution is -0.142. The first-order valence-corrected chi connectivity index (χ1v) is 14.6. The van der Waals surface area contributed by atoms with E-state index in [0.717, 1.165) is 44.9 Å². The number of nitrogens with one attached hydrogen (secondary N) is 2. The second-order valence-corrected chi connectivity index (χ2v) is 12.0. The molecule has 5 rings (SSSR count). The molecule has 2 aromatic rings. The first-order valence-electron chi connectivity index (χ1n) is 14.3. The summed E-state index contributed by atoms with van der Waals surface area (Å²) in [5.74, 6) is -0.904. The van der Waals surface area contributed by atoms with Gasteiger partial charge >= 0.3 is 5.97 Å². The Morgan fingerprint density at radius 2 is 1.82 bits per heavy atom. The number of carboxylic acid groups (broad SMARTS) is 1. The summed E-state index contributed by atoms with van der Waals surface area (Å²) in [7, 11) is 0. The molecule has 39 heavy (non-hydrogen) atoms. The molecule has 2 amide bonds. The summed E-state index contributed by atoms with van der Waals surface area (Å²) in [4.78, 5) is 43.7. The molecular formula is C29H38ClFN4O4. The SMILES string of the molecule is N[C@H](CF)[C@H]1CC[C@H](C(=O)N2CCC(C3CCCCC3)[C@H]2C(=O)Nc2ccc3[nH]c(C(=O)O)c(Cl)c3c2)CC1. The number of H-pyrrole nitrogens is 1. The Labute approximate surface area is 232 Å². The molecule has 10 heteroatoms. The normalized spacial score (nSPS) is 27.0. The van der Waals surface area contributed by atoms with Gasteiger partial charge in [0.1, 0.15) is 18.4 Å². The van der Waals surface area contributed by atoms with Crippen molar-refractivity contribution in [3.8, 4) is 0 Å². The molecule has 5 N–H and O–H groups in total. The Morgan fingerprint density at radius 1 is 1.10 bits per heavy atom. The van der Waals surface area contributed by atoms with Crippen molar-refractivity contribution < 1.29 is 23.9 Å². The number of carbonyl (C=O) groups excluding carboxylic acids is 2. The molecule has 1 unspecified atom stereocenters. The third kappa shape index (κ3) is 5.66. The van der Waals surface area contributed by atoms with Crippen molar-refractivity contribution in [3.05, 3.63) is 28.9 Å². The summed E-state index contributed by atoms with van der Waals surface area (Å²) in [6, 6.07) is 4.05. The van der Waals surface area contributed by atoms with Crippen LogP contribution in [0.15, 0.2) is 18.2 Å². The number of nitrogens with two attached hydrogens (primary N) is 1. The summed E-state index contributed by atoms with van der Waals surface area (Å²) in [6.07, 6.45) is 9.27. The first-order chi connectivity index (χ1) is 18.8. The average molecular weight is 561 g/mol. The lowest BCUT2D eigenvalue weighted by Gasteiger charge is -2.36. The minimum atomic E-state index is -1.15. The van der Waals surface area contributed by atoms with Crippen LogP contribution in [0.25, 0.3) is 10.9 Å². The van der Waals surface area contributed by atoms with Crippen LogP contribution in [0.5, 0.6) is 0 Å². The predicted molar refractivity (Wildman–Crippen MR) is 148 cm³/mol. The molecule has 2 aliphatic carbocycles. The number of benzene rings is 1. The second kappa shape index (κ2) is 11.8. The minimum Gasteiger partial charge on any atom is -0.477 e. The lowest BCUT2D eigenvalue weighted by atomic mass is 9.76. The summed E-state index contributed by atoms with van der Waals surface area (Å²) in [5.41, 5.74) is 6.90. The monoisotopic (exact) mass is 560 g/mol. The van der Waals surface area contributed by atoms with Crippen LogP contribution in [0.3, 0.4) is 0 Å². The molecular weight excluding hydrogens is 523 g/mol. The largest absolute Gasteiger partial charge is 0.477 e. The van der Waals surface area contributed by atoms with Crippen molar-refractivity contribution >= 4 is 46.0 Å². The third-order valence-corrected chi connectivity index (χ3v) is 9.77. The number of likely N-dealkylation sites (tertiary alicyclic amines) is 1. The molecule has 3 atom stereocenters. The van der Waals surface area contributed by atoms with Gasteiger partial charge in [0.25, 0.3) is 0 Å². The van der Waals surface area contributed by atoms with Gasteiger partial charge in [0, 0.05) is 35.1 Å². The fourth-order valence-electron chi connectivity index (χ4n) is 7.21. The highest BCUT2D eigenvalue weighted by molar-refractivity contribution is 6.38. The highest BCUT2D eigenvalue weighted by atomic mass is 35.5. The van der Waals surface area contributed by atoms with Crippen LogP contribution in [-0.4, -0.2) is 58.1 Å². The zero-order valence-electron chi connectivity index (χ0n) is 22.1. The molecule has 3 fully saturated rings. The maximum Gasteiger partial charge on any atom is 0.353 e. The average Bonchev–Trinajstić information content (AvgIpc) is 3.54. The molecule has 1 saturated heterocycles.